The van der Waals surface area contributed by atoms with E-state index in [1.54, 1.807) is 6.20 Å². The second-order valence-corrected chi connectivity index (χ2v) is 9.12. The third-order valence-corrected chi connectivity index (χ3v) is 7.10. The van der Waals surface area contributed by atoms with Gasteiger partial charge in [0.2, 0.25) is 10.0 Å². The Hall–Kier alpha value is -1.45. The Balaban J connectivity index is 1.94. The highest BCUT2D eigenvalue weighted by Gasteiger charge is 2.37. The molecule has 0 radical (unpaired) electrons. The second-order valence-electron chi connectivity index (χ2n) is 5.96. The lowest BCUT2D eigenvalue weighted by molar-refractivity contribution is -0.137. The molecule has 1 fully saturated rings. The minimum absolute atomic E-state index is 0.124. The number of hydrogen-bond donors (Lipinski definition) is 0. The molecule has 2 heterocycles. The van der Waals surface area contributed by atoms with Crippen molar-refractivity contribution in [1.29, 1.82) is 0 Å². The molecule has 0 bridgehead atoms. The third kappa shape index (κ3) is 3.73. The van der Waals surface area contributed by atoms with Gasteiger partial charge in [0.05, 0.1) is 16.5 Å². The molecule has 0 saturated carbocycles. The van der Waals surface area contributed by atoms with E-state index in [1.165, 1.54) is 15.6 Å². The molecular formula is C16H17F3N2O2S2. The van der Waals surface area contributed by atoms with Crippen LogP contribution in [0.5, 0.6) is 0 Å². The molecule has 0 aliphatic carbocycles. The van der Waals surface area contributed by atoms with Gasteiger partial charge in [0.1, 0.15) is 5.01 Å². The first-order valence-corrected chi connectivity index (χ1v) is 10.1. The van der Waals surface area contributed by atoms with Gasteiger partial charge in [0.15, 0.2) is 0 Å². The van der Waals surface area contributed by atoms with Gasteiger partial charge in [-0.1, -0.05) is 6.42 Å². The number of piperidine rings is 1. The fourth-order valence-electron chi connectivity index (χ4n) is 2.92. The molecule has 9 heteroatoms. The molecule has 25 heavy (non-hydrogen) atoms. The Morgan fingerprint density at radius 1 is 1.20 bits per heavy atom. The van der Waals surface area contributed by atoms with E-state index in [2.05, 4.69) is 4.98 Å². The molecule has 1 aliphatic rings. The van der Waals surface area contributed by atoms with Gasteiger partial charge < -0.3 is 0 Å². The van der Waals surface area contributed by atoms with Crippen LogP contribution in [0, 0.1) is 6.92 Å². The van der Waals surface area contributed by atoms with Gasteiger partial charge in [-0.05, 0) is 44.0 Å². The zero-order valence-corrected chi connectivity index (χ0v) is 15.1. The summed E-state index contributed by atoms with van der Waals surface area (Å²) >= 11 is 1.45. The second kappa shape index (κ2) is 6.69. The van der Waals surface area contributed by atoms with E-state index in [0.717, 1.165) is 47.0 Å². The molecule has 2 aromatic rings. The molecule has 1 aromatic carbocycles. The summed E-state index contributed by atoms with van der Waals surface area (Å²) in [4.78, 5) is 5.18. The first-order chi connectivity index (χ1) is 11.7. The summed E-state index contributed by atoms with van der Waals surface area (Å²) in [6.45, 7) is 2.24. The van der Waals surface area contributed by atoms with Crippen molar-refractivity contribution < 1.29 is 21.6 Å². The molecule has 1 aliphatic heterocycles. The number of halogens is 3. The number of benzene rings is 1. The van der Waals surface area contributed by atoms with Crippen LogP contribution >= 0.6 is 11.3 Å². The molecule has 4 nitrogen and oxygen atoms in total. The van der Waals surface area contributed by atoms with Crippen LogP contribution in [-0.4, -0.2) is 24.3 Å². The smallest absolute Gasteiger partial charge is 0.248 e. The molecule has 1 aromatic heterocycles. The van der Waals surface area contributed by atoms with E-state index < -0.39 is 21.8 Å². The van der Waals surface area contributed by atoms with Crippen molar-refractivity contribution >= 4 is 21.4 Å². The molecular weight excluding hydrogens is 373 g/mol. The Morgan fingerprint density at radius 3 is 2.44 bits per heavy atom. The van der Waals surface area contributed by atoms with Crippen LogP contribution in [0.2, 0.25) is 0 Å². The third-order valence-electron chi connectivity index (χ3n) is 4.17. The van der Waals surface area contributed by atoms with E-state index >= 15 is 0 Å². The fourth-order valence-corrected chi connectivity index (χ4v) is 5.57. The molecule has 3 rings (SSSR count). The Morgan fingerprint density at radius 2 is 1.88 bits per heavy atom. The minimum Gasteiger partial charge on any atom is -0.248 e. The number of aryl methyl sites for hydroxylation is 1. The summed E-state index contributed by atoms with van der Waals surface area (Å²) in [6, 6.07) is 3.30. The maximum absolute atomic E-state index is 13.0. The first-order valence-electron chi connectivity index (χ1n) is 7.81. The van der Waals surface area contributed by atoms with Gasteiger partial charge in [-0.3, -0.25) is 0 Å². The zero-order chi connectivity index (χ0) is 18.2. The standard InChI is InChI=1S/C16H17F3N2O2S2/c1-11-10-20-15(24-11)14-4-2-3-9-21(14)25(22,23)13-7-5-12(6-8-13)16(17,18)19/h5-8,10,14H,2-4,9H2,1H3. The van der Waals surface area contributed by atoms with Crippen molar-refractivity contribution in [3.05, 3.63) is 45.9 Å². The quantitative estimate of drug-likeness (QED) is 0.781. The van der Waals surface area contributed by atoms with Crippen molar-refractivity contribution in [2.45, 2.75) is 43.3 Å². The van der Waals surface area contributed by atoms with Gasteiger partial charge in [-0.2, -0.15) is 17.5 Å². The molecule has 0 N–H and O–H groups in total. The minimum atomic E-state index is -4.49. The van der Waals surface area contributed by atoms with Crippen LogP contribution < -0.4 is 0 Å². The normalized spacial score (nSPS) is 19.9. The van der Waals surface area contributed by atoms with Crippen molar-refractivity contribution in [2.75, 3.05) is 6.54 Å². The largest absolute Gasteiger partial charge is 0.416 e. The van der Waals surface area contributed by atoms with E-state index in [4.69, 9.17) is 0 Å². The Bertz CT molecular complexity index is 845. The molecule has 1 saturated heterocycles. The SMILES string of the molecule is Cc1cnc(C2CCCCN2S(=O)(=O)c2ccc(C(F)(F)F)cc2)s1. The van der Waals surface area contributed by atoms with Crippen molar-refractivity contribution in [2.24, 2.45) is 0 Å². The first kappa shape index (κ1) is 18.3. The fraction of sp³-hybridized carbons (Fsp3) is 0.438. The van der Waals surface area contributed by atoms with Gasteiger partial charge in [-0.25, -0.2) is 13.4 Å². The highest BCUT2D eigenvalue weighted by atomic mass is 32.2. The van der Waals surface area contributed by atoms with Gasteiger partial charge in [0.25, 0.3) is 0 Å². The summed E-state index contributed by atoms with van der Waals surface area (Å²) in [7, 11) is -3.88. The molecule has 0 amide bonds. The lowest BCUT2D eigenvalue weighted by atomic mass is 10.1. The van der Waals surface area contributed by atoms with Crippen LogP contribution in [0.25, 0.3) is 0 Å². The van der Waals surface area contributed by atoms with Crippen LogP contribution in [0.3, 0.4) is 0 Å². The summed E-state index contributed by atoms with van der Waals surface area (Å²) < 4.78 is 65.4. The van der Waals surface area contributed by atoms with Crippen molar-refractivity contribution in [1.82, 2.24) is 9.29 Å². The number of alkyl halides is 3. The monoisotopic (exact) mass is 390 g/mol. The van der Waals surface area contributed by atoms with Gasteiger partial charge >= 0.3 is 6.18 Å². The highest BCUT2D eigenvalue weighted by Crippen LogP contribution is 2.37. The number of thiazole rings is 1. The van der Waals surface area contributed by atoms with Crippen LogP contribution in [0.1, 0.15) is 40.8 Å². The predicted molar refractivity (Wildman–Crippen MR) is 88.8 cm³/mol. The lowest BCUT2D eigenvalue weighted by Gasteiger charge is -2.33. The van der Waals surface area contributed by atoms with Crippen molar-refractivity contribution in [3.8, 4) is 0 Å². The maximum atomic E-state index is 13.0. The molecule has 1 atom stereocenters. The number of nitrogens with zero attached hydrogens (tertiary/aromatic N) is 2. The summed E-state index contributed by atoms with van der Waals surface area (Å²) in [6.07, 6.45) is -0.512. The average Bonchev–Trinajstić information content (AvgIpc) is 3.00. The van der Waals surface area contributed by atoms with Crippen molar-refractivity contribution in [3.63, 3.8) is 0 Å². The summed E-state index contributed by atoms with van der Waals surface area (Å²) in [5.41, 5.74) is -0.864. The Labute approximate surface area is 148 Å². The van der Waals surface area contributed by atoms with E-state index in [-0.39, 0.29) is 10.9 Å². The Kier molecular flexibility index (Phi) is 4.91. The summed E-state index contributed by atoms with van der Waals surface area (Å²) in [5.74, 6) is 0. The van der Waals surface area contributed by atoms with Gasteiger partial charge in [-0.15, -0.1) is 11.3 Å². The van der Waals surface area contributed by atoms with E-state index in [9.17, 15) is 21.6 Å². The van der Waals surface area contributed by atoms with Crippen LogP contribution in [0.4, 0.5) is 13.2 Å². The van der Waals surface area contributed by atoms with E-state index in [0.29, 0.717) is 13.0 Å². The number of aromatic nitrogens is 1. The average molecular weight is 390 g/mol. The van der Waals surface area contributed by atoms with Crippen LogP contribution in [0.15, 0.2) is 35.4 Å². The topological polar surface area (TPSA) is 50.3 Å². The molecule has 136 valence electrons. The highest BCUT2D eigenvalue weighted by molar-refractivity contribution is 7.89. The summed E-state index contributed by atoms with van der Waals surface area (Å²) in [5, 5.41) is 0.729. The lowest BCUT2D eigenvalue weighted by Crippen LogP contribution is -2.38. The number of hydrogen-bond acceptors (Lipinski definition) is 4. The van der Waals surface area contributed by atoms with Crippen LogP contribution in [-0.2, 0) is 16.2 Å². The number of sulfonamides is 1. The molecule has 1 unspecified atom stereocenters. The van der Waals surface area contributed by atoms with Gasteiger partial charge in [0, 0.05) is 17.6 Å². The van der Waals surface area contributed by atoms with E-state index in [1.807, 2.05) is 6.92 Å². The number of rotatable bonds is 3. The predicted octanol–water partition coefficient (Wildman–Crippen LogP) is 4.39. The molecule has 0 spiro atoms. The zero-order valence-electron chi connectivity index (χ0n) is 13.5. The maximum Gasteiger partial charge on any atom is 0.416 e.